The molecule has 0 saturated carbocycles. The van der Waals surface area contributed by atoms with Crippen molar-refractivity contribution < 1.29 is 9.53 Å². The fraction of sp³-hybridized carbons (Fsp3) is 0.625. The van der Waals surface area contributed by atoms with E-state index in [2.05, 4.69) is 0 Å². The molecule has 0 unspecified atom stereocenters. The molecule has 0 amide bonds. The van der Waals surface area contributed by atoms with E-state index < -0.39 is 0 Å². The van der Waals surface area contributed by atoms with Gasteiger partial charge < -0.3 is 4.74 Å². The van der Waals surface area contributed by atoms with E-state index in [9.17, 15) is 4.79 Å². The lowest BCUT2D eigenvalue weighted by Crippen LogP contribution is -2.01. The number of hydrogen-bond acceptors (Lipinski definition) is 2. The molecule has 0 aromatic heterocycles. The highest BCUT2D eigenvalue weighted by Gasteiger charge is 1.99. The molecular formula is C8H14O2. The van der Waals surface area contributed by atoms with Crippen molar-refractivity contribution >= 4 is 5.97 Å². The summed E-state index contributed by atoms with van der Waals surface area (Å²) in [7, 11) is 0. The van der Waals surface area contributed by atoms with Gasteiger partial charge in [-0.1, -0.05) is 6.92 Å². The second kappa shape index (κ2) is 5.03. The number of rotatable bonds is 3. The number of carbonyl (C=O) groups is 1. The van der Waals surface area contributed by atoms with Crippen molar-refractivity contribution in [2.75, 3.05) is 0 Å². The van der Waals surface area contributed by atoms with Crippen LogP contribution in [0.1, 0.15) is 33.6 Å². The SMILES string of the molecule is CC=C(C)OC(=O)CCC. The molecule has 0 aliphatic rings. The zero-order valence-corrected chi connectivity index (χ0v) is 6.81. The molecule has 0 bridgehead atoms. The maximum atomic E-state index is 10.7. The van der Waals surface area contributed by atoms with Crippen LogP contribution in [0.3, 0.4) is 0 Å². The molecule has 10 heavy (non-hydrogen) atoms. The van der Waals surface area contributed by atoms with Crippen molar-refractivity contribution in [3.63, 3.8) is 0 Å². The average Bonchev–Trinajstić information content (AvgIpc) is 1.88. The van der Waals surface area contributed by atoms with Crippen LogP contribution in [0, 0.1) is 0 Å². The molecule has 0 spiro atoms. The summed E-state index contributed by atoms with van der Waals surface area (Å²) in [6.07, 6.45) is 3.12. The lowest BCUT2D eigenvalue weighted by atomic mass is 10.3. The van der Waals surface area contributed by atoms with Gasteiger partial charge in [0, 0.05) is 6.42 Å². The molecule has 2 nitrogen and oxygen atoms in total. The van der Waals surface area contributed by atoms with Gasteiger partial charge in [-0.2, -0.15) is 0 Å². The molecule has 0 rings (SSSR count). The fourth-order valence-electron chi connectivity index (χ4n) is 0.494. The normalized spacial score (nSPS) is 11.3. The van der Waals surface area contributed by atoms with E-state index in [-0.39, 0.29) is 5.97 Å². The Morgan fingerprint density at radius 1 is 1.60 bits per heavy atom. The topological polar surface area (TPSA) is 26.3 Å². The Kier molecular flexibility index (Phi) is 4.63. The first kappa shape index (κ1) is 9.21. The fourth-order valence-corrected chi connectivity index (χ4v) is 0.494. The number of allylic oxidation sites excluding steroid dienone is 2. The minimum absolute atomic E-state index is 0.141. The molecule has 0 aromatic rings. The minimum atomic E-state index is -0.141. The van der Waals surface area contributed by atoms with Gasteiger partial charge in [0.15, 0.2) is 0 Å². The summed E-state index contributed by atoms with van der Waals surface area (Å²) in [6, 6.07) is 0. The van der Waals surface area contributed by atoms with Crippen LogP contribution in [0.2, 0.25) is 0 Å². The van der Waals surface area contributed by atoms with Gasteiger partial charge in [0.2, 0.25) is 0 Å². The lowest BCUT2D eigenvalue weighted by Gasteiger charge is -2.00. The van der Waals surface area contributed by atoms with E-state index in [4.69, 9.17) is 4.74 Å². The predicted octanol–water partition coefficient (Wildman–Crippen LogP) is 2.25. The summed E-state index contributed by atoms with van der Waals surface area (Å²) in [5.74, 6) is 0.538. The van der Waals surface area contributed by atoms with Gasteiger partial charge in [-0.3, -0.25) is 4.79 Å². The third-order valence-corrected chi connectivity index (χ3v) is 1.14. The first-order valence-electron chi connectivity index (χ1n) is 3.54. The Morgan fingerprint density at radius 3 is 2.60 bits per heavy atom. The molecule has 0 aliphatic heterocycles. The van der Waals surface area contributed by atoms with E-state index in [0.29, 0.717) is 12.2 Å². The number of ether oxygens (including phenoxy) is 1. The molecule has 0 aliphatic carbocycles. The van der Waals surface area contributed by atoms with Crippen molar-refractivity contribution in [1.82, 2.24) is 0 Å². The van der Waals surface area contributed by atoms with Crippen LogP contribution in [0.4, 0.5) is 0 Å². The highest BCUT2D eigenvalue weighted by Crippen LogP contribution is 1.99. The van der Waals surface area contributed by atoms with Crippen LogP contribution in [0.25, 0.3) is 0 Å². The Morgan fingerprint density at radius 2 is 2.20 bits per heavy atom. The van der Waals surface area contributed by atoms with Crippen LogP contribution < -0.4 is 0 Å². The van der Waals surface area contributed by atoms with Crippen molar-refractivity contribution in [3.05, 3.63) is 11.8 Å². The van der Waals surface area contributed by atoms with E-state index in [1.165, 1.54) is 0 Å². The molecule has 0 heterocycles. The smallest absolute Gasteiger partial charge is 0.310 e. The van der Waals surface area contributed by atoms with Gasteiger partial charge >= 0.3 is 5.97 Å². The Balaban J connectivity index is 3.58. The van der Waals surface area contributed by atoms with Crippen LogP contribution in [0.5, 0.6) is 0 Å². The molecule has 0 radical (unpaired) electrons. The zero-order chi connectivity index (χ0) is 7.98. The van der Waals surface area contributed by atoms with E-state index in [1.54, 1.807) is 13.0 Å². The molecule has 0 N–H and O–H groups in total. The lowest BCUT2D eigenvalue weighted by molar-refractivity contribution is -0.139. The molecule has 2 heteroatoms. The minimum Gasteiger partial charge on any atom is -0.432 e. The van der Waals surface area contributed by atoms with E-state index in [0.717, 1.165) is 6.42 Å². The molecule has 0 fully saturated rings. The maximum absolute atomic E-state index is 10.7. The average molecular weight is 142 g/mol. The van der Waals surface area contributed by atoms with Crippen molar-refractivity contribution in [1.29, 1.82) is 0 Å². The number of esters is 1. The zero-order valence-electron chi connectivity index (χ0n) is 6.81. The Bertz CT molecular complexity index is 136. The molecule has 0 saturated heterocycles. The third-order valence-electron chi connectivity index (χ3n) is 1.14. The summed E-state index contributed by atoms with van der Waals surface area (Å²) < 4.78 is 4.86. The molecule has 0 aromatic carbocycles. The van der Waals surface area contributed by atoms with Gasteiger partial charge in [0.05, 0.1) is 0 Å². The van der Waals surface area contributed by atoms with E-state index >= 15 is 0 Å². The van der Waals surface area contributed by atoms with Crippen molar-refractivity contribution in [3.8, 4) is 0 Å². The summed E-state index contributed by atoms with van der Waals surface area (Å²) >= 11 is 0. The largest absolute Gasteiger partial charge is 0.432 e. The number of hydrogen-bond donors (Lipinski definition) is 0. The maximum Gasteiger partial charge on any atom is 0.310 e. The second-order valence-corrected chi connectivity index (χ2v) is 2.12. The summed E-state index contributed by atoms with van der Waals surface area (Å²) in [4.78, 5) is 10.7. The van der Waals surface area contributed by atoms with Crippen LogP contribution in [-0.4, -0.2) is 5.97 Å². The predicted molar refractivity (Wildman–Crippen MR) is 40.4 cm³/mol. The monoisotopic (exact) mass is 142 g/mol. The summed E-state index contributed by atoms with van der Waals surface area (Å²) in [6.45, 7) is 5.56. The van der Waals surface area contributed by atoms with Gasteiger partial charge in [-0.25, -0.2) is 0 Å². The first-order chi connectivity index (χ1) is 4.70. The highest BCUT2D eigenvalue weighted by atomic mass is 16.5. The van der Waals surface area contributed by atoms with E-state index in [1.807, 2.05) is 13.8 Å². The highest BCUT2D eigenvalue weighted by molar-refractivity contribution is 5.70. The summed E-state index contributed by atoms with van der Waals surface area (Å²) in [5, 5.41) is 0. The second-order valence-electron chi connectivity index (χ2n) is 2.12. The molecule has 58 valence electrons. The van der Waals surface area contributed by atoms with Gasteiger partial charge in [0.25, 0.3) is 0 Å². The van der Waals surface area contributed by atoms with Crippen molar-refractivity contribution in [2.24, 2.45) is 0 Å². The summed E-state index contributed by atoms with van der Waals surface area (Å²) in [5.41, 5.74) is 0. The van der Waals surface area contributed by atoms with Crippen molar-refractivity contribution in [2.45, 2.75) is 33.6 Å². The molecule has 0 atom stereocenters. The van der Waals surface area contributed by atoms with Gasteiger partial charge in [-0.15, -0.1) is 0 Å². The van der Waals surface area contributed by atoms with Crippen LogP contribution in [-0.2, 0) is 9.53 Å². The Labute approximate surface area is 61.9 Å². The van der Waals surface area contributed by atoms with Gasteiger partial charge in [-0.05, 0) is 26.3 Å². The van der Waals surface area contributed by atoms with Crippen LogP contribution in [0.15, 0.2) is 11.8 Å². The first-order valence-corrected chi connectivity index (χ1v) is 3.54. The third kappa shape index (κ3) is 4.13. The van der Waals surface area contributed by atoms with Crippen LogP contribution >= 0.6 is 0 Å². The van der Waals surface area contributed by atoms with Gasteiger partial charge in [0.1, 0.15) is 5.76 Å². The number of carbonyl (C=O) groups excluding carboxylic acids is 1. The quantitative estimate of drug-likeness (QED) is 0.446. The standard InChI is InChI=1S/C8H14O2/c1-4-6-8(9)10-7(3)5-2/h5H,4,6H2,1-3H3. The molecular weight excluding hydrogens is 128 g/mol. The Hall–Kier alpha value is -0.790.